The highest BCUT2D eigenvalue weighted by Crippen LogP contribution is 2.31. The first-order valence-electron chi connectivity index (χ1n) is 9.01. The zero-order valence-corrected chi connectivity index (χ0v) is 15.9. The zero-order chi connectivity index (χ0) is 17.0. The molecule has 0 spiro atoms. The largest absolute Gasteiger partial charge is 0.483 e. The van der Waals surface area contributed by atoms with Gasteiger partial charge in [-0.3, -0.25) is 9.69 Å². The van der Waals surface area contributed by atoms with E-state index in [9.17, 15) is 4.79 Å². The van der Waals surface area contributed by atoms with Crippen molar-refractivity contribution in [2.45, 2.75) is 32.7 Å². The quantitative estimate of drug-likeness (QED) is 0.838. The molecular weight excluding hydrogens is 338 g/mol. The van der Waals surface area contributed by atoms with Crippen molar-refractivity contribution in [2.75, 3.05) is 39.3 Å². The summed E-state index contributed by atoms with van der Waals surface area (Å²) in [7, 11) is 0. The highest BCUT2D eigenvalue weighted by atomic mass is 35.5. The first kappa shape index (κ1) is 20.0. The molecule has 0 aliphatic carbocycles. The fourth-order valence-electron chi connectivity index (χ4n) is 3.64. The topological polar surface area (TPSA) is 58.8 Å². The fraction of sp³-hybridized carbons (Fsp3) is 0.632. The Labute approximate surface area is 156 Å². The van der Waals surface area contributed by atoms with E-state index >= 15 is 0 Å². The molecule has 25 heavy (non-hydrogen) atoms. The molecule has 0 radical (unpaired) electrons. The van der Waals surface area contributed by atoms with E-state index in [1.54, 1.807) is 0 Å². The average Bonchev–Trinajstić information content (AvgIpc) is 3.24. The van der Waals surface area contributed by atoms with Crippen LogP contribution < -0.4 is 10.5 Å². The van der Waals surface area contributed by atoms with Crippen LogP contribution in [0.15, 0.2) is 24.3 Å². The average molecular weight is 368 g/mol. The first-order chi connectivity index (χ1) is 11.6. The van der Waals surface area contributed by atoms with E-state index in [2.05, 4.69) is 17.9 Å². The standard InChI is InChI=1S/C19H29N3O2.ClH/c1-19(14-20)8-11-21(15-19)12-16-6-2-3-7-17(16)24-13-18(23)22-9-4-5-10-22;/h2-3,6-7H,4-5,8-15,20H2,1H3;1H. The van der Waals surface area contributed by atoms with Crippen molar-refractivity contribution in [3.05, 3.63) is 29.8 Å². The lowest BCUT2D eigenvalue weighted by Gasteiger charge is -2.23. The van der Waals surface area contributed by atoms with E-state index in [0.29, 0.717) is 0 Å². The maximum absolute atomic E-state index is 12.2. The number of ether oxygens (including phenoxy) is 1. The van der Waals surface area contributed by atoms with Gasteiger partial charge in [0.1, 0.15) is 5.75 Å². The van der Waals surface area contributed by atoms with Crippen LogP contribution in [0, 0.1) is 5.41 Å². The van der Waals surface area contributed by atoms with Gasteiger partial charge in [-0.05, 0) is 43.8 Å². The number of para-hydroxylation sites is 1. The summed E-state index contributed by atoms with van der Waals surface area (Å²) < 4.78 is 5.86. The predicted octanol–water partition coefficient (Wildman–Crippen LogP) is 2.28. The lowest BCUT2D eigenvalue weighted by molar-refractivity contribution is -0.132. The molecule has 0 aromatic heterocycles. The molecule has 2 saturated heterocycles. The Balaban J connectivity index is 0.00000225. The van der Waals surface area contributed by atoms with Gasteiger partial charge in [0, 0.05) is 31.7 Å². The monoisotopic (exact) mass is 367 g/mol. The van der Waals surface area contributed by atoms with Crippen LogP contribution >= 0.6 is 12.4 Å². The number of rotatable bonds is 6. The van der Waals surface area contributed by atoms with Crippen molar-refractivity contribution in [2.24, 2.45) is 11.1 Å². The molecule has 1 aromatic carbocycles. The van der Waals surface area contributed by atoms with Crippen LogP contribution in [0.25, 0.3) is 0 Å². The molecular formula is C19H30ClN3O2. The van der Waals surface area contributed by atoms with Gasteiger partial charge in [0.2, 0.25) is 0 Å². The summed E-state index contributed by atoms with van der Waals surface area (Å²) in [6, 6.07) is 8.05. The van der Waals surface area contributed by atoms with E-state index < -0.39 is 0 Å². The number of nitrogens with two attached hydrogens (primary N) is 1. The van der Waals surface area contributed by atoms with E-state index in [1.165, 1.54) is 0 Å². The van der Waals surface area contributed by atoms with Gasteiger partial charge in [0.15, 0.2) is 6.61 Å². The Morgan fingerprint density at radius 2 is 1.96 bits per heavy atom. The maximum atomic E-state index is 12.2. The molecule has 1 atom stereocenters. The molecule has 1 amide bonds. The van der Waals surface area contributed by atoms with Crippen molar-refractivity contribution in [3.8, 4) is 5.75 Å². The summed E-state index contributed by atoms with van der Waals surface area (Å²) in [5, 5.41) is 0. The number of halogens is 1. The zero-order valence-electron chi connectivity index (χ0n) is 15.1. The molecule has 2 aliphatic heterocycles. The Hall–Kier alpha value is -1.30. The van der Waals surface area contributed by atoms with Crippen LogP contribution in [-0.2, 0) is 11.3 Å². The smallest absolute Gasteiger partial charge is 0.260 e. The normalized spacial score (nSPS) is 23.5. The van der Waals surface area contributed by atoms with Crippen molar-refractivity contribution < 1.29 is 9.53 Å². The molecule has 2 fully saturated rings. The molecule has 2 heterocycles. The second kappa shape index (κ2) is 8.88. The summed E-state index contributed by atoms with van der Waals surface area (Å²) in [5.74, 6) is 0.922. The Morgan fingerprint density at radius 3 is 2.64 bits per heavy atom. The summed E-state index contributed by atoms with van der Waals surface area (Å²) in [6.07, 6.45) is 3.36. The third kappa shape index (κ3) is 5.09. The minimum Gasteiger partial charge on any atom is -0.483 e. The fourth-order valence-corrected chi connectivity index (χ4v) is 3.64. The number of amides is 1. The van der Waals surface area contributed by atoms with Gasteiger partial charge in [-0.15, -0.1) is 12.4 Å². The molecule has 1 aromatic rings. The van der Waals surface area contributed by atoms with Crippen LogP contribution in [0.5, 0.6) is 5.75 Å². The van der Waals surface area contributed by atoms with Gasteiger partial charge in [0.05, 0.1) is 0 Å². The van der Waals surface area contributed by atoms with Crippen molar-refractivity contribution in [1.29, 1.82) is 0 Å². The van der Waals surface area contributed by atoms with Crippen LogP contribution in [0.1, 0.15) is 31.7 Å². The molecule has 0 saturated carbocycles. The number of benzene rings is 1. The van der Waals surface area contributed by atoms with Gasteiger partial charge in [0.25, 0.3) is 5.91 Å². The molecule has 5 nitrogen and oxygen atoms in total. The molecule has 1 unspecified atom stereocenters. The lowest BCUT2D eigenvalue weighted by atomic mass is 9.90. The molecule has 2 aliphatic rings. The van der Waals surface area contributed by atoms with Crippen LogP contribution in [0.3, 0.4) is 0 Å². The van der Waals surface area contributed by atoms with E-state index in [4.69, 9.17) is 10.5 Å². The number of hydrogen-bond donors (Lipinski definition) is 1. The van der Waals surface area contributed by atoms with E-state index in [1.807, 2.05) is 23.1 Å². The van der Waals surface area contributed by atoms with Gasteiger partial charge >= 0.3 is 0 Å². The van der Waals surface area contributed by atoms with Crippen LogP contribution in [0.4, 0.5) is 0 Å². The van der Waals surface area contributed by atoms with E-state index in [-0.39, 0.29) is 30.3 Å². The minimum atomic E-state index is 0. The second-order valence-corrected chi connectivity index (χ2v) is 7.46. The van der Waals surface area contributed by atoms with Crippen molar-refractivity contribution >= 4 is 18.3 Å². The summed E-state index contributed by atoms with van der Waals surface area (Å²) in [4.78, 5) is 16.5. The van der Waals surface area contributed by atoms with Crippen molar-refractivity contribution in [1.82, 2.24) is 9.80 Å². The number of carbonyl (C=O) groups is 1. The lowest BCUT2D eigenvalue weighted by Crippen LogP contribution is -2.32. The first-order valence-corrected chi connectivity index (χ1v) is 9.01. The second-order valence-electron chi connectivity index (χ2n) is 7.46. The summed E-state index contributed by atoms with van der Waals surface area (Å²) >= 11 is 0. The minimum absolute atomic E-state index is 0. The van der Waals surface area contributed by atoms with Crippen LogP contribution in [0.2, 0.25) is 0 Å². The summed E-state index contributed by atoms with van der Waals surface area (Å²) in [5.41, 5.74) is 7.27. The van der Waals surface area contributed by atoms with E-state index in [0.717, 1.165) is 69.8 Å². The number of nitrogens with zero attached hydrogens (tertiary/aromatic N) is 2. The van der Waals surface area contributed by atoms with Gasteiger partial charge in [-0.25, -0.2) is 0 Å². The molecule has 0 bridgehead atoms. The van der Waals surface area contributed by atoms with Gasteiger partial charge < -0.3 is 15.4 Å². The highest BCUT2D eigenvalue weighted by molar-refractivity contribution is 5.85. The molecule has 140 valence electrons. The van der Waals surface area contributed by atoms with Gasteiger partial charge in [-0.2, -0.15) is 0 Å². The molecule has 6 heteroatoms. The molecule has 3 rings (SSSR count). The number of hydrogen-bond acceptors (Lipinski definition) is 4. The number of likely N-dealkylation sites (tertiary alicyclic amines) is 2. The SMILES string of the molecule is CC1(CN)CCN(Cc2ccccc2OCC(=O)N2CCCC2)C1.Cl. The predicted molar refractivity (Wildman–Crippen MR) is 102 cm³/mol. The van der Waals surface area contributed by atoms with Crippen molar-refractivity contribution in [3.63, 3.8) is 0 Å². The number of carbonyl (C=O) groups excluding carboxylic acids is 1. The summed E-state index contributed by atoms with van der Waals surface area (Å²) in [6.45, 7) is 7.79. The third-order valence-electron chi connectivity index (χ3n) is 5.31. The Bertz CT molecular complexity index is 578. The third-order valence-corrected chi connectivity index (χ3v) is 5.31. The van der Waals surface area contributed by atoms with Crippen LogP contribution in [-0.4, -0.2) is 55.0 Å². The Kier molecular flexibility index (Phi) is 7.11. The van der Waals surface area contributed by atoms with Gasteiger partial charge in [-0.1, -0.05) is 25.1 Å². The Morgan fingerprint density at radius 1 is 1.24 bits per heavy atom. The molecule has 2 N–H and O–H groups in total. The highest BCUT2D eigenvalue weighted by Gasteiger charge is 2.32. The maximum Gasteiger partial charge on any atom is 0.260 e.